The Morgan fingerprint density at radius 3 is 2.92 bits per heavy atom. The normalized spacial score (nSPS) is 15.3. The lowest BCUT2D eigenvalue weighted by Gasteiger charge is -2.20. The van der Waals surface area contributed by atoms with Gasteiger partial charge in [0.1, 0.15) is 0 Å². The van der Waals surface area contributed by atoms with Crippen molar-refractivity contribution >= 4 is 5.69 Å². The largest absolute Gasteiger partial charge is 0.372 e. The van der Waals surface area contributed by atoms with Crippen LogP contribution in [0, 0.1) is 0 Å². The predicted octanol–water partition coefficient (Wildman–Crippen LogP) is 2.28. The van der Waals surface area contributed by atoms with E-state index in [2.05, 4.69) is 42.7 Å². The van der Waals surface area contributed by atoms with Crippen LogP contribution in [0.4, 0.5) is 5.69 Å². The van der Waals surface area contributed by atoms with E-state index in [-0.39, 0.29) is 0 Å². The Balaban J connectivity index is 2.35. The topological polar surface area (TPSA) is 24.1 Å². The van der Waals surface area contributed by atoms with Crippen LogP contribution in [0.25, 0.3) is 0 Å². The fraction of sp³-hybridized carbons (Fsp3) is 0.455. The molecule has 0 fully saturated rings. The smallest absolute Gasteiger partial charge is 0.0655 e. The van der Waals surface area contributed by atoms with Crippen molar-refractivity contribution in [2.45, 2.75) is 26.3 Å². The van der Waals surface area contributed by atoms with Gasteiger partial charge in [-0.25, -0.2) is 0 Å². The predicted molar refractivity (Wildman–Crippen MR) is 55.9 cm³/mol. The van der Waals surface area contributed by atoms with Gasteiger partial charge in [0.25, 0.3) is 0 Å². The van der Waals surface area contributed by atoms with E-state index in [0.717, 1.165) is 13.2 Å². The third kappa shape index (κ3) is 1.68. The molecule has 0 radical (unpaired) electrons. The van der Waals surface area contributed by atoms with Gasteiger partial charge in [-0.1, -0.05) is 26.0 Å². The minimum atomic E-state index is 0.618. The number of benzene rings is 1. The van der Waals surface area contributed by atoms with Crippen molar-refractivity contribution in [3.05, 3.63) is 29.3 Å². The van der Waals surface area contributed by atoms with Gasteiger partial charge in [-0.2, -0.15) is 0 Å². The Morgan fingerprint density at radius 1 is 1.31 bits per heavy atom. The number of hydrogen-bond donors (Lipinski definition) is 2. The van der Waals surface area contributed by atoms with Gasteiger partial charge < -0.3 is 5.32 Å². The summed E-state index contributed by atoms with van der Waals surface area (Å²) < 4.78 is 0. The molecule has 0 saturated heterocycles. The second-order valence-electron chi connectivity index (χ2n) is 3.85. The summed E-state index contributed by atoms with van der Waals surface area (Å²) in [4.78, 5) is 0. The average molecular weight is 176 g/mol. The fourth-order valence-corrected chi connectivity index (χ4v) is 1.65. The van der Waals surface area contributed by atoms with Crippen LogP contribution >= 0.6 is 0 Å². The monoisotopic (exact) mass is 176 g/mol. The van der Waals surface area contributed by atoms with Crippen LogP contribution in [0.5, 0.6) is 0 Å². The maximum Gasteiger partial charge on any atom is 0.0655 e. The van der Waals surface area contributed by atoms with Gasteiger partial charge >= 0.3 is 0 Å². The highest BCUT2D eigenvalue weighted by Crippen LogP contribution is 2.23. The minimum Gasteiger partial charge on any atom is -0.372 e. The van der Waals surface area contributed by atoms with E-state index >= 15 is 0 Å². The van der Waals surface area contributed by atoms with Gasteiger partial charge in [0.05, 0.1) is 6.67 Å². The molecule has 1 aliphatic rings. The summed E-state index contributed by atoms with van der Waals surface area (Å²) in [5.41, 5.74) is 4.09. The number of rotatable bonds is 1. The van der Waals surface area contributed by atoms with E-state index in [4.69, 9.17) is 0 Å². The molecule has 0 aliphatic carbocycles. The lowest BCUT2D eigenvalue weighted by Crippen LogP contribution is -2.27. The quantitative estimate of drug-likeness (QED) is 0.686. The van der Waals surface area contributed by atoms with E-state index in [1.807, 2.05) is 0 Å². The molecule has 0 amide bonds. The van der Waals surface area contributed by atoms with Crippen LogP contribution in [0.3, 0.4) is 0 Å². The zero-order chi connectivity index (χ0) is 9.26. The Kier molecular flexibility index (Phi) is 2.23. The van der Waals surface area contributed by atoms with Crippen LogP contribution in [0.1, 0.15) is 30.9 Å². The first-order valence-corrected chi connectivity index (χ1v) is 4.85. The van der Waals surface area contributed by atoms with Crippen molar-refractivity contribution in [1.29, 1.82) is 0 Å². The third-order valence-corrected chi connectivity index (χ3v) is 2.52. The molecular weight excluding hydrogens is 160 g/mol. The molecule has 1 heterocycles. The molecule has 0 atom stereocenters. The molecule has 0 unspecified atom stereocenters. The van der Waals surface area contributed by atoms with Gasteiger partial charge in [0.15, 0.2) is 0 Å². The minimum absolute atomic E-state index is 0.618. The second kappa shape index (κ2) is 3.38. The van der Waals surface area contributed by atoms with E-state index in [9.17, 15) is 0 Å². The molecule has 2 nitrogen and oxygen atoms in total. The SMILES string of the molecule is CC(C)c1ccc2c(c1)CNCN2. The van der Waals surface area contributed by atoms with Gasteiger partial charge in [-0.05, 0) is 23.1 Å². The maximum atomic E-state index is 3.32. The molecule has 0 saturated carbocycles. The Bertz CT molecular complexity index is 305. The average Bonchev–Trinajstić information content (AvgIpc) is 2.17. The van der Waals surface area contributed by atoms with Gasteiger partial charge in [0, 0.05) is 12.2 Å². The molecule has 13 heavy (non-hydrogen) atoms. The number of nitrogens with one attached hydrogen (secondary N) is 2. The summed E-state index contributed by atoms with van der Waals surface area (Å²) >= 11 is 0. The first-order valence-electron chi connectivity index (χ1n) is 4.85. The van der Waals surface area contributed by atoms with Crippen molar-refractivity contribution in [2.75, 3.05) is 12.0 Å². The highest BCUT2D eigenvalue weighted by atomic mass is 15.1. The molecular formula is C11H16N2. The summed E-state index contributed by atoms with van der Waals surface area (Å²) in [6.07, 6.45) is 0. The zero-order valence-electron chi connectivity index (χ0n) is 8.22. The van der Waals surface area contributed by atoms with Crippen LogP contribution in [-0.2, 0) is 6.54 Å². The molecule has 0 aromatic heterocycles. The molecule has 0 bridgehead atoms. The Labute approximate surface area is 79.4 Å². The van der Waals surface area contributed by atoms with Gasteiger partial charge in [-0.15, -0.1) is 0 Å². The first-order chi connectivity index (χ1) is 6.27. The highest BCUT2D eigenvalue weighted by molar-refractivity contribution is 5.54. The Morgan fingerprint density at radius 2 is 2.15 bits per heavy atom. The highest BCUT2D eigenvalue weighted by Gasteiger charge is 2.08. The summed E-state index contributed by atoms with van der Waals surface area (Å²) in [5.74, 6) is 0.618. The number of anilines is 1. The molecule has 1 aliphatic heterocycles. The molecule has 70 valence electrons. The van der Waals surface area contributed by atoms with E-state index in [0.29, 0.717) is 5.92 Å². The van der Waals surface area contributed by atoms with Crippen molar-refractivity contribution in [3.8, 4) is 0 Å². The van der Waals surface area contributed by atoms with Crippen molar-refractivity contribution in [3.63, 3.8) is 0 Å². The van der Waals surface area contributed by atoms with Crippen molar-refractivity contribution in [1.82, 2.24) is 5.32 Å². The summed E-state index contributed by atoms with van der Waals surface area (Å²) in [7, 11) is 0. The fourth-order valence-electron chi connectivity index (χ4n) is 1.65. The summed E-state index contributed by atoms with van der Waals surface area (Å²) in [5, 5.41) is 6.61. The lowest BCUT2D eigenvalue weighted by atomic mass is 9.99. The van der Waals surface area contributed by atoms with Crippen molar-refractivity contribution < 1.29 is 0 Å². The third-order valence-electron chi connectivity index (χ3n) is 2.52. The van der Waals surface area contributed by atoms with Crippen LogP contribution < -0.4 is 10.6 Å². The molecule has 2 N–H and O–H groups in total. The van der Waals surface area contributed by atoms with E-state index in [1.165, 1.54) is 16.8 Å². The molecule has 0 spiro atoms. The standard InChI is InChI=1S/C11H16N2/c1-8(2)9-3-4-11-10(5-9)6-12-7-13-11/h3-5,8,12-13H,6-7H2,1-2H3. The van der Waals surface area contributed by atoms with Crippen LogP contribution in [0.2, 0.25) is 0 Å². The maximum absolute atomic E-state index is 3.32. The van der Waals surface area contributed by atoms with E-state index in [1.54, 1.807) is 0 Å². The number of fused-ring (bicyclic) bond motifs is 1. The molecule has 1 aromatic rings. The Hall–Kier alpha value is -1.02. The van der Waals surface area contributed by atoms with Gasteiger partial charge in [-0.3, -0.25) is 5.32 Å². The van der Waals surface area contributed by atoms with Crippen molar-refractivity contribution in [2.24, 2.45) is 0 Å². The van der Waals surface area contributed by atoms with Crippen LogP contribution in [0.15, 0.2) is 18.2 Å². The molecule has 2 rings (SSSR count). The molecule has 2 heteroatoms. The summed E-state index contributed by atoms with van der Waals surface area (Å²) in [6, 6.07) is 6.69. The zero-order valence-corrected chi connectivity index (χ0v) is 8.22. The number of hydrogen-bond acceptors (Lipinski definition) is 2. The first kappa shape index (κ1) is 8.57. The lowest BCUT2D eigenvalue weighted by molar-refractivity contribution is 0.706. The second-order valence-corrected chi connectivity index (χ2v) is 3.85. The van der Waals surface area contributed by atoms with Gasteiger partial charge in [0.2, 0.25) is 0 Å². The van der Waals surface area contributed by atoms with Crippen LogP contribution in [-0.4, -0.2) is 6.67 Å². The molecule has 1 aromatic carbocycles. The summed E-state index contributed by atoms with van der Waals surface area (Å²) in [6.45, 7) is 6.33. The van der Waals surface area contributed by atoms with E-state index < -0.39 is 0 Å².